The highest BCUT2D eigenvalue weighted by Crippen LogP contribution is 2.35. The van der Waals surface area contributed by atoms with E-state index >= 15 is 0 Å². The van der Waals surface area contributed by atoms with Gasteiger partial charge in [-0.3, -0.25) is 24.0 Å². The molecular weight excluding hydrogens is 428 g/mol. The number of carbonyl (C=O) groups is 3. The van der Waals surface area contributed by atoms with E-state index in [1.165, 1.54) is 19.2 Å². The Hall–Kier alpha value is -2.53. The molecule has 3 aliphatic rings. The monoisotopic (exact) mass is 464 g/mol. The summed E-state index contributed by atoms with van der Waals surface area (Å²) in [5.74, 6) is 1.11. The molecule has 0 bridgehead atoms. The standard InChI is InChI=1S/C21H34N6O3.CH2O2/c28-20(2-1-7-26-16-22-15-24-26)23-13-19-6-5-18(27(19)14-17-3-4-17)12-21(29)25-8-10-30-11-9-25;2-1-3/h15-19H,1-14H2,(H,23,28);1H,(H,2,3)/t18-,19+;/m1./s1. The van der Waals surface area contributed by atoms with Gasteiger partial charge in [-0.25, -0.2) is 4.98 Å². The largest absolute Gasteiger partial charge is 0.483 e. The van der Waals surface area contributed by atoms with E-state index in [9.17, 15) is 9.59 Å². The van der Waals surface area contributed by atoms with Crippen molar-refractivity contribution in [2.75, 3.05) is 39.4 Å². The fourth-order valence-corrected chi connectivity index (χ4v) is 4.56. The molecule has 0 aromatic carbocycles. The summed E-state index contributed by atoms with van der Waals surface area (Å²) in [7, 11) is 0. The van der Waals surface area contributed by atoms with Gasteiger partial charge in [-0.2, -0.15) is 5.10 Å². The number of amides is 2. The molecule has 1 aliphatic carbocycles. The maximum Gasteiger partial charge on any atom is 0.290 e. The molecule has 0 spiro atoms. The molecule has 4 rings (SSSR count). The van der Waals surface area contributed by atoms with E-state index in [0.717, 1.165) is 31.7 Å². The molecule has 11 nitrogen and oxygen atoms in total. The predicted molar refractivity (Wildman–Crippen MR) is 119 cm³/mol. The third kappa shape index (κ3) is 8.39. The lowest BCUT2D eigenvalue weighted by Crippen LogP contribution is -2.47. The van der Waals surface area contributed by atoms with Gasteiger partial charge in [0.2, 0.25) is 11.8 Å². The number of aryl methyl sites for hydroxylation is 1. The minimum atomic E-state index is -0.250. The number of hydrogen-bond donors (Lipinski definition) is 2. The first kappa shape index (κ1) is 25.1. The van der Waals surface area contributed by atoms with Gasteiger partial charge < -0.3 is 20.1 Å². The number of rotatable bonds is 10. The summed E-state index contributed by atoms with van der Waals surface area (Å²) in [4.78, 5) is 41.8. The molecule has 1 saturated carbocycles. The van der Waals surface area contributed by atoms with E-state index < -0.39 is 0 Å². The molecule has 1 aromatic heterocycles. The quantitative estimate of drug-likeness (QED) is 0.475. The molecule has 0 radical (unpaired) electrons. The first-order chi connectivity index (χ1) is 16.1. The van der Waals surface area contributed by atoms with Crippen molar-refractivity contribution in [3.8, 4) is 0 Å². The van der Waals surface area contributed by atoms with Crippen molar-refractivity contribution in [3.63, 3.8) is 0 Å². The number of aromatic nitrogens is 3. The van der Waals surface area contributed by atoms with Crippen LogP contribution in [0.3, 0.4) is 0 Å². The molecule has 11 heteroatoms. The van der Waals surface area contributed by atoms with Gasteiger partial charge in [0.25, 0.3) is 6.47 Å². The lowest BCUT2D eigenvalue weighted by Gasteiger charge is -2.33. The second-order valence-electron chi connectivity index (χ2n) is 8.89. The molecule has 2 atom stereocenters. The van der Waals surface area contributed by atoms with E-state index in [0.29, 0.717) is 64.3 Å². The van der Waals surface area contributed by atoms with Gasteiger partial charge in [-0.1, -0.05) is 0 Å². The number of morpholine rings is 1. The minimum Gasteiger partial charge on any atom is -0.483 e. The number of nitrogens with zero attached hydrogens (tertiary/aromatic N) is 5. The van der Waals surface area contributed by atoms with Crippen LogP contribution in [0.25, 0.3) is 0 Å². The summed E-state index contributed by atoms with van der Waals surface area (Å²) in [5, 5.41) is 14.1. The fraction of sp³-hybridized carbons (Fsp3) is 0.773. The zero-order valence-electron chi connectivity index (χ0n) is 19.2. The van der Waals surface area contributed by atoms with Crippen molar-refractivity contribution >= 4 is 18.3 Å². The van der Waals surface area contributed by atoms with Crippen molar-refractivity contribution in [2.24, 2.45) is 5.92 Å². The zero-order valence-corrected chi connectivity index (χ0v) is 19.2. The van der Waals surface area contributed by atoms with E-state index in [2.05, 4.69) is 20.3 Å². The molecular formula is C22H36N6O5. The smallest absolute Gasteiger partial charge is 0.290 e. The Morgan fingerprint density at radius 3 is 2.55 bits per heavy atom. The molecule has 0 unspecified atom stereocenters. The molecule has 33 heavy (non-hydrogen) atoms. The van der Waals surface area contributed by atoms with Crippen LogP contribution in [0.2, 0.25) is 0 Å². The molecule has 3 heterocycles. The first-order valence-corrected chi connectivity index (χ1v) is 11.9. The van der Waals surface area contributed by atoms with Gasteiger partial charge >= 0.3 is 0 Å². The van der Waals surface area contributed by atoms with Crippen LogP contribution in [0.4, 0.5) is 0 Å². The van der Waals surface area contributed by atoms with Crippen molar-refractivity contribution < 1.29 is 24.2 Å². The van der Waals surface area contributed by atoms with Gasteiger partial charge in [-0.05, 0) is 38.0 Å². The molecule has 184 valence electrons. The fourth-order valence-electron chi connectivity index (χ4n) is 4.56. The molecule has 2 N–H and O–H groups in total. The molecule has 2 aliphatic heterocycles. The van der Waals surface area contributed by atoms with Crippen molar-refractivity contribution in [1.82, 2.24) is 29.9 Å². The van der Waals surface area contributed by atoms with E-state index in [1.807, 2.05) is 4.90 Å². The number of carbonyl (C=O) groups excluding carboxylic acids is 2. The molecule has 2 saturated heterocycles. The Bertz CT molecular complexity index is 736. The van der Waals surface area contributed by atoms with Crippen LogP contribution in [0.5, 0.6) is 0 Å². The second-order valence-corrected chi connectivity index (χ2v) is 8.89. The van der Waals surface area contributed by atoms with E-state index in [4.69, 9.17) is 14.6 Å². The summed E-state index contributed by atoms with van der Waals surface area (Å²) < 4.78 is 7.12. The van der Waals surface area contributed by atoms with Gasteiger partial charge in [0.15, 0.2) is 0 Å². The van der Waals surface area contributed by atoms with Crippen LogP contribution in [0.15, 0.2) is 12.7 Å². The van der Waals surface area contributed by atoms with Crippen molar-refractivity contribution in [1.29, 1.82) is 0 Å². The average Bonchev–Trinajstić information content (AvgIpc) is 3.34. The van der Waals surface area contributed by atoms with Crippen LogP contribution >= 0.6 is 0 Å². The predicted octanol–water partition coefficient (Wildman–Crippen LogP) is 0.367. The third-order valence-corrected chi connectivity index (χ3v) is 6.50. The van der Waals surface area contributed by atoms with Gasteiger partial charge in [0, 0.05) is 57.6 Å². The summed E-state index contributed by atoms with van der Waals surface area (Å²) in [6, 6.07) is 0.641. The Kier molecular flexibility index (Phi) is 10.1. The number of ether oxygens (including phenoxy) is 1. The lowest BCUT2D eigenvalue weighted by molar-refractivity contribution is -0.136. The zero-order chi connectivity index (χ0) is 23.5. The third-order valence-electron chi connectivity index (χ3n) is 6.50. The highest BCUT2D eigenvalue weighted by atomic mass is 16.5. The Labute approximate surface area is 194 Å². The van der Waals surface area contributed by atoms with Crippen LogP contribution in [-0.4, -0.2) is 99.4 Å². The first-order valence-electron chi connectivity index (χ1n) is 11.9. The van der Waals surface area contributed by atoms with Crippen molar-refractivity contribution in [3.05, 3.63) is 12.7 Å². The molecule has 1 aromatic rings. The SMILES string of the molecule is O=C(CCCn1cncn1)NC[C@@H]1CC[C@H](CC(=O)N2CCOCC2)N1CC1CC1.O=CO. The topological polar surface area (TPSA) is 130 Å². The summed E-state index contributed by atoms with van der Waals surface area (Å²) in [6.45, 7) is 4.91. The Morgan fingerprint density at radius 1 is 1.15 bits per heavy atom. The summed E-state index contributed by atoms with van der Waals surface area (Å²) in [6.07, 6.45) is 9.69. The lowest BCUT2D eigenvalue weighted by atomic mass is 10.1. The number of nitrogens with one attached hydrogen (secondary N) is 1. The Morgan fingerprint density at radius 2 is 1.88 bits per heavy atom. The summed E-state index contributed by atoms with van der Waals surface area (Å²) >= 11 is 0. The highest BCUT2D eigenvalue weighted by molar-refractivity contribution is 5.77. The van der Waals surface area contributed by atoms with Crippen LogP contribution in [0.1, 0.15) is 44.9 Å². The number of likely N-dealkylation sites (tertiary alicyclic amines) is 1. The maximum atomic E-state index is 12.8. The van der Waals surface area contributed by atoms with Crippen molar-refractivity contribution in [2.45, 2.75) is 63.6 Å². The number of carboxylic acid groups (broad SMARTS) is 1. The Balaban J connectivity index is 0.000000968. The van der Waals surface area contributed by atoms with E-state index in [-0.39, 0.29) is 18.3 Å². The van der Waals surface area contributed by atoms with Crippen LogP contribution < -0.4 is 5.32 Å². The van der Waals surface area contributed by atoms with Gasteiger partial charge in [-0.15, -0.1) is 0 Å². The molecule has 3 fully saturated rings. The average molecular weight is 465 g/mol. The molecule has 2 amide bonds. The van der Waals surface area contributed by atoms with Gasteiger partial charge in [0.05, 0.1) is 13.2 Å². The summed E-state index contributed by atoms with van der Waals surface area (Å²) in [5.41, 5.74) is 0. The normalized spacial score (nSPS) is 23.0. The second kappa shape index (κ2) is 13.2. The van der Waals surface area contributed by atoms with E-state index in [1.54, 1.807) is 11.0 Å². The highest BCUT2D eigenvalue weighted by Gasteiger charge is 2.38. The van der Waals surface area contributed by atoms with Crippen LogP contribution in [-0.2, 0) is 25.7 Å². The minimum absolute atomic E-state index is 0.0920. The van der Waals surface area contributed by atoms with Crippen LogP contribution in [0, 0.1) is 5.92 Å². The maximum absolute atomic E-state index is 12.8. The van der Waals surface area contributed by atoms with Gasteiger partial charge in [0.1, 0.15) is 12.7 Å². The number of hydrogen-bond acceptors (Lipinski definition) is 7.